The van der Waals surface area contributed by atoms with E-state index in [0.29, 0.717) is 39.3 Å². The fourth-order valence-electron chi connectivity index (χ4n) is 6.49. The van der Waals surface area contributed by atoms with Gasteiger partial charge in [-0.2, -0.15) is 5.10 Å². The molecule has 1 aromatic carbocycles. The van der Waals surface area contributed by atoms with Gasteiger partial charge in [-0.15, -0.1) is 0 Å². The Labute approximate surface area is 264 Å². The van der Waals surface area contributed by atoms with Crippen molar-refractivity contribution in [1.29, 1.82) is 0 Å². The monoisotopic (exact) mass is 658 g/mol. The van der Waals surface area contributed by atoms with Crippen molar-refractivity contribution in [2.75, 3.05) is 18.4 Å². The molecule has 4 heterocycles. The molecule has 12 heteroatoms. The molecular formula is C32H35BrN8O3. The third-order valence-electron chi connectivity index (χ3n) is 8.81. The summed E-state index contributed by atoms with van der Waals surface area (Å²) in [5.74, 6) is 0.475. The summed E-state index contributed by atoms with van der Waals surface area (Å²) in [5, 5.41) is 11.7. The van der Waals surface area contributed by atoms with E-state index in [1.807, 2.05) is 52.0 Å². The quantitative estimate of drug-likeness (QED) is 0.200. The van der Waals surface area contributed by atoms with Gasteiger partial charge in [0.2, 0.25) is 11.8 Å². The summed E-state index contributed by atoms with van der Waals surface area (Å²) in [5.41, 5.74) is 4.25. The molecule has 1 aliphatic carbocycles. The summed E-state index contributed by atoms with van der Waals surface area (Å²) in [4.78, 5) is 55.4. The summed E-state index contributed by atoms with van der Waals surface area (Å²) in [7, 11) is 0. The van der Waals surface area contributed by atoms with Crippen LogP contribution < -0.4 is 10.6 Å². The molecule has 2 fully saturated rings. The van der Waals surface area contributed by atoms with Crippen molar-refractivity contribution in [3.8, 4) is 11.1 Å². The highest BCUT2D eigenvalue weighted by Gasteiger charge is 2.66. The van der Waals surface area contributed by atoms with E-state index >= 15 is 0 Å². The largest absolute Gasteiger partial charge is 0.325 e. The Hall–Kier alpha value is -4.03. The lowest BCUT2D eigenvalue weighted by atomic mass is 9.99. The van der Waals surface area contributed by atoms with Gasteiger partial charge in [0.15, 0.2) is 5.78 Å². The Morgan fingerprint density at radius 3 is 2.50 bits per heavy atom. The predicted molar refractivity (Wildman–Crippen MR) is 170 cm³/mol. The number of Topliss-reactive ketones (excluding diaryl/α,β-unsaturated/α-hetero) is 1. The highest BCUT2D eigenvalue weighted by molar-refractivity contribution is 9.10. The molecule has 228 valence electrons. The van der Waals surface area contributed by atoms with E-state index in [1.165, 1.54) is 6.92 Å². The van der Waals surface area contributed by atoms with Crippen LogP contribution in [0.1, 0.15) is 54.1 Å². The summed E-state index contributed by atoms with van der Waals surface area (Å²) in [6.45, 7) is 10.6. The number of nitrogens with zero attached hydrogens (tertiary/aromatic N) is 6. The molecule has 1 unspecified atom stereocenters. The molecule has 4 aromatic rings. The number of pyridine rings is 1. The number of hydrogen-bond donors (Lipinski definition) is 2. The number of hydrogen-bond acceptors (Lipinski definition) is 8. The van der Waals surface area contributed by atoms with Gasteiger partial charge in [-0.25, -0.2) is 15.0 Å². The molecule has 3 atom stereocenters. The second-order valence-corrected chi connectivity index (χ2v) is 12.8. The molecule has 1 saturated carbocycles. The molecule has 0 radical (unpaired) electrons. The molecule has 0 bridgehead atoms. The summed E-state index contributed by atoms with van der Waals surface area (Å²) in [6.07, 6.45) is 4.91. The number of aromatic nitrogens is 5. The topological polar surface area (TPSA) is 135 Å². The second kappa shape index (κ2) is 11.5. The van der Waals surface area contributed by atoms with Crippen LogP contribution in [0.2, 0.25) is 0 Å². The molecule has 2 N–H and O–H groups in total. The molecule has 2 amide bonds. The molecule has 11 nitrogen and oxygen atoms in total. The number of nitrogens with one attached hydrogen (secondary N) is 2. The molecule has 2 aliphatic rings. The van der Waals surface area contributed by atoms with Crippen molar-refractivity contribution in [1.82, 2.24) is 34.9 Å². The first-order valence-electron chi connectivity index (χ1n) is 14.8. The Bertz CT molecular complexity index is 1800. The lowest BCUT2D eigenvalue weighted by Gasteiger charge is -2.27. The fraction of sp³-hybridized carbons (Fsp3) is 0.406. The maximum absolute atomic E-state index is 14.2. The highest BCUT2D eigenvalue weighted by Crippen LogP contribution is 2.59. The van der Waals surface area contributed by atoms with Gasteiger partial charge in [-0.05, 0) is 91.0 Å². The maximum Gasteiger partial charge on any atom is 0.248 e. The third-order valence-corrected chi connectivity index (χ3v) is 9.25. The lowest BCUT2D eigenvalue weighted by Crippen LogP contribution is -2.47. The van der Waals surface area contributed by atoms with Crippen molar-refractivity contribution < 1.29 is 14.4 Å². The lowest BCUT2D eigenvalue weighted by molar-refractivity contribution is -0.138. The average molecular weight is 660 g/mol. The smallest absolute Gasteiger partial charge is 0.248 e. The van der Waals surface area contributed by atoms with Gasteiger partial charge in [0, 0.05) is 48.3 Å². The van der Waals surface area contributed by atoms with Crippen molar-refractivity contribution in [3.63, 3.8) is 0 Å². The number of likely N-dealkylation sites (tertiary alicyclic amines) is 1. The van der Waals surface area contributed by atoms with Crippen LogP contribution >= 0.6 is 15.9 Å². The number of halogens is 1. The number of anilines is 1. The number of piperidine rings is 1. The Morgan fingerprint density at radius 1 is 1.05 bits per heavy atom. The normalized spacial score (nSPS) is 20.5. The number of carbonyl (C=O) groups excluding carboxylic acids is 3. The molecule has 0 spiro atoms. The van der Waals surface area contributed by atoms with E-state index in [0.717, 1.165) is 41.8 Å². The van der Waals surface area contributed by atoms with Crippen LogP contribution in [0.4, 0.5) is 5.82 Å². The summed E-state index contributed by atoms with van der Waals surface area (Å²) < 4.78 is 2.23. The van der Waals surface area contributed by atoms with Crippen molar-refractivity contribution in [2.45, 2.75) is 66.1 Å². The maximum atomic E-state index is 14.2. The number of rotatable bonds is 9. The van der Waals surface area contributed by atoms with Gasteiger partial charge in [-0.3, -0.25) is 19.1 Å². The average Bonchev–Trinajstić information content (AvgIpc) is 3.39. The Balaban J connectivity index is 1.33. The minimum atomic E-state index is -0.650. The molecule has 1 saturated heterocycles. The zero-order valence-corrected chi connectivity index (χ0v) is 27.0. The van der Waals surface area contributed by atoms with Crippen LogP contribution in [-0.4, -0.2) is 72.4 Å². The number of benzene rings is 1. The molecule has 3 aromatic heterocycles. The van der Waals surface area contributed by atoms with E-state index in [4.69, 9.17) is 0 Å². The standard InChI is InChI=1S/C32H35BrN8O3/c1-6-34-16-32-11-24(31(44)38-30-17(2)7-8-26(33)37-30)41(25(32)12-32)27(43)15-40-29-18(3)9-21(22-13-35-20(5)36-14-22)10-23(29)28(39-40)19(4)42/h7-10,13-14,24-25,34H,6,11-12,15-16H2,1-5H3,(H,37,38,44)/t24-,25?,32-/m0/s1. The number of carbonyl (C=O) groups is 3. The van der Waals surface area contributed by atoms with Crippen LogP contribution in [0.3, 0.4) is 0 Å². The van der Waals surface area contributed by atoms with Crippen LogP contribution in [0, 0.1) is 26.2 Å². The van der Waals surface area contributed by atoms with E-state index in [9.17, 15) is 14.4 Å². The minimum absolute atomic E-state index is 0.0512. The molecule has 6 rings (SSSR count). The number of aryl methyl sites for hydroxylation is 3. The first kappa shape index (κ1) is 30.0. The van der Waals surface area contributed by atoms with Gasteiger partial charge in [-0.1, -0.05) is 13.0 Å². The molecular weight excluding hydrogens is 624 g/mol. The first-order chi connectivity index (χ1) is 21.0. The second-order valence-electron chi connectivity index (χ2n) is 11.9. The fourth-order valence-corrected chi connectivity index (χ4v) is 6.80. The Morgan fingerprint density at radius 2 is 1.80 bits per heavy atom. The van der Waals surface area contributed by atoms with Gasteiger partial charge < -0.3 is 15.5 Å². The van der Waals surface area contributed by atoms with Crippen LogP contribution in [0.15, 0.2) is 41.3 Å². The Kier molecular flexibility index (Phi) is 7.83. The van der Waals surface area contributed by atoms with E-state index in [-0.39, 0.29) is 35.6 Å². The van der Waals surface area contributed by atoms with E-state index < -0.39 is 6.04 Å². The van der Waals surface area contributed by atoms with Crippen LogP contribution in [0.5, 0.6) is 0 Å². The summed E-state index contributed by atoms with van der Waals surface area (Å²) >= 11 is 3.38. The predicted octanol–water partition coefficient (Wildman–Crippen LogP) is 4.39. The highest BCUT2D eigenvalue weighted by atomic mass is 79.9. The minimum Gasteiger partial charge on any atom is -0.325 e. The number of fused-ring (bicyclic) bond motifs is 2. The van der Waals surface area contributed by atoms with Crippen LogP contribution in [-0.2, 0) is 16.1 Å². The first-order valence-corrected chi connectivity index (χ1v) is 15.6. The van der Waals surface area contributed by atoms with Gasteiger partial charge in [0.1, 0.15) is 34.5 Å². The van der Waals surface area contributed by atoms with Gasteiger partial charge >= 0.3 is 0 Å². The molecule has 1 aliphatic heterocycles. The number of ketones is 1. The third kappa shape index (κ3) is 5.41. The SMILES string of the molecule is CCNC[C@]12CC1N(C(=O)Cn1nc(C(C)=O)c3cc(-c4cnc(C)nc4)cc(C)c31)[C@H](C(=O)Nc1nc(Br)ccc1C)C2. The van der Waals surface area contributed by atoms with Gasteiger partial charge in [0.25, 0.3) is 0 Å². The van der Waals surface area contributed by atoms with Crippen molar-refractivity contribution in [2.24, 2.45) is 5.41 Å². The van der Waals surface area contributed by atoms with Crippen molar-refractivity contribution in [3.05, 3.63) is 63.9 Å². The zero-order chi connectivity index (χ0) is 31.3. The van der Waals surface area contributed by atoms with Crippen molar-refractivity contribution >= 4 is 50.2 Å². The van der Waals surface area contributed by atoms with Crippen LogP contribution in [0.25, 0.3) is 22.0 Å². The zero-order valence-electron chi connectivity index (χ0n) is 25.4. The van der Waals surface area contributed by atoms with E-state index in [1.54, 1.807) is 22.0 Å². The number of amides is 2. The van der Waals surface area contributed by atoms with E-state index in [2.05, 4.69) is 46.6 Å². The molecule has 44 heavy (non-hydrogen) atoms. The van der Waals surface area contributed by atoms with Gasteiger partial charge in [0.05, 0.1) is 5.52 Å². The summed E-state index contributed by atoms with van der Waals surface area (Å²) in [6, 6.07) is 6.89.